The molecule has 1 aliphatic heterocycles. The molecule has 41 heteroatoms. The van der Waals surface area contributed by atoms with Gasteiger partial charge < -0.3 is 116 Å². The molecule has 602 valence electrons. The first-order valence-electron chi connectivity index (χ1n) is 35.3. The van der Waals surface area contributed by atoms with E-state index in [-0.39, 0.29) is 43.5 Å². The molecule has 1 aliphatic rings. The van der Waals surface area contributed by atoms with Gasteiger partial charge in [0.15, 0.2) is 5.78 Å². The number of unbranched alkanes of at least 4 members (excludes halogenated alkanes) is 6. The first kappa shape index (κ1) is 90.2. The number of cyclic esters (lactones) is 1. The van der Waals surface area contributed by atoms with Crippen LogP contribution in [0.5, 0.6) is 0 Å². The molecule has 110 heavy (non-hydrogen) atoms. The molecular formula is C69H97N17O24. The minimum Gasteiger partial charge on any atom is -0.481 e. The number of ketones is 1. The van der Waals surface area contributed by atoms with E-state index >= 15 is 0 Å². The number of rotatable bonds is 32. The minimum atomic E-state index is -2.37. The Labute approximate surface area is 629 Å². The lowest BCUT2D eigenvalue weighted by molar-refractivity contribution is -0.156. The molecule has 1 fully saturated rings. The highest BCUT2D eigenvalue weighted by Crippen LogP contribution is 2.21. The number of nitrogens with two attached hydrogens (primary N) is 3. The number of benzene rings is 2. The van der Waals surface area contributed by atoms with Crippen molar-refractivity contribution in [1.82, 2.24) is 74.1 Å². The van der Waals surface area contributed by atoms with E-state index in [0.29, 0.717) is 29.3 Å². The van der Waals surface area contributed by atoms with Gasteiger partial charge in [-0.1, -0.05) is 75.8 Å². The molecule has 24 N–H and O–H groups in total. The van der Waals surface area contributed by atoms with Crippen LogP contribution >= 0.6 is 0 Å². The molecule has 0 radical (unpaired) electrons. The summed E-state index contributed by atoms with van der Waals surface area (Å²) in [7, 11) is 0. The third kappa shape index (κ3) is 30.6. The number of nitrogens with one attached hydrogen (secondary N) is 14. The average molecular weight is 1550 g/mol. The second-order valence-corrected chi connectivity index (χ2v) is 25.9. The molecule has 3 aromatic rings. The number of anilines is 1. The summed E-state index contributed by atoms with van der Waals surface area (Å²) in [5, 5.41) is 68.7. The summed E-state index contributed by atoms with van der Waals surface area (Å²) in [6.45, 7) is 1.38. The van der Waals surface area contributed by atoms with Gasteiger partial charge in [-0.05, 0) is 70.3 Å². The fraction of sp³-hybridized carbons (Fsp3) is 0.522. The number of esters is 1. The summed E-state index contributed by atoms with van der Waals surface area (Å²) >= 11 is 0. The van der Waals surface area contributed by atoms with Crippen molar-refractivity contribution in [3.8, 4) is 0 Å². The van der Waals surface area contributed by atoms with Crippen molar-refractivity contribution in [2.24, 2.45) is 11.5 Å². The summed E-state index contributed by atoms with van der Waals surface area (Å²) < 4.78 is 5.65. The molecule has 4 rings (SSSR count). The molecule has 41 nitrogen and oxygen atoms in total. The third-order valence-corrected chi connectivity index (χ3v) is 17.0. The van der Waals surface area contributed by atoms with Gasteiger partial charge in [-0.3, -0.25) is 86.3 Å². The normalized spacial score (nSPS) is 21.3. The number of carboxylic acids is 3. The number of aromatic nitrogens is 1. The van der Waals surface area contributed by atoms with Crippen LogP contribution in [0.1, 0.15) is 140 Å². The maximum absolute atomic E-state index is 14.7. The number of nitrogen functional groups attached to an aromatic ring is 1. The highest BCUT2D eigenvalue weighted by molar-refractivity contribution is 6.05. The first-order valence-corrected chi connectivity index (χ1v) is 35.3. The van der Waals surface area contributed by atoms with Crippen LogP contribution in [0.2, 0.25) is 0 Å². The number of aromatic amines is 1. The van der Waals surface area contributed by atoms with Crippen LogP contribution in [0.15, 0.2) is 54.7 Å². The summed E-state index contributed by atoms with van der Waals surface area (Å²) in [4.78, 5) is 261. The van der Waals surface area contributed by atoms with Crippen molar-refractivity contribution in [3.63, 3.8) is 0 Å². The molecule has 12 atom stereocenters. The molecule has 2 heterocycles. The van der Waals surface area contributed by atoms with Crippen LogP contribution < -0.4 is 86.3 Å². The largest absolute Gasteiger partial charge is 0.481 e. The number of carbonyl (C=O) groups is 19. The monoisotopic (exact) mass is 1550 g/mol. The lowest BCUT2D eigenvalue weighted by Gasteiger charge is -2.29. The van der Waals surface area contributed by atoms with E-state index in [2.05, 4.69) is 65.1 Å². The molecular weight excluding hydrogens is 1450 g/mol. The Morgan fingerprint density at radius 3 is 1.65 bits per heavy atom. The number of H-pyrrole nitrogens is 1. The smallest absolute Gasteiger partial charge is 0.329 e. The van der Waals surface area contributed by atoms with Crippen molar-refractivity contribution >= 4 is 129 Å². The zero-order valence-corrected chi connectivity index (χ0v) is 61.0. The van der Waals surface area contributed by atoms with Crippen molar-refractivity contribution < 1.29 is 116 Å². The molecule has 1 saturated heterocycles. The lowest BCUT2D eigenvalue weighted by atomic mass is 10.0. The predicted molar refractivity (Wildman–Crippen MR) is 385 cm³/mol. The highest BCUT2D eigenvalue weighted by Gasteiger charge is 2.40. The summed E-state index contributed by atoms with van der Waals surface area (Å²) in [6.07, 6.45) is -0.832. The standard InChI is InChI=1S/C69H97N17O24/c1-5-6-7-8-9-10-11-22-52(90)79-43(24-37-30-73-41-20-15-13-17-38(37)41)64(104)82-44(26-51(72)89)65(105)84-47(29-57(97)98)66(106)86-58-36(4)110-69(109)48(25-50(88)39-18-12-14-19-40(39)71)85-60(100)35(3)77-67(107)49(33-87)80-54(92)31-74-61(101)45(27-55(93)94)81-59(99)34(2)76-63(103)46(28-56(95)96)83-62(102)42(21-16-23-70)78-53(91)32-75-68(58)108/h12-15,17-20,30,34-36,42-49,58,73,87H,5-11,16,21-29,31-33,70-71H2,1-4H3,(H2,72,89)(H,74,101)(H,75,108)(H,76,103)(H,77,107)(H,78,91)(H,79,90)(H,80,92)(H,81,99)(H,82,104)(H,83,102)(H,84,105)(H,85,100)(H,86,106)(H,93,94)(H,95,96)(H,97,98)/t34-,35+,36-,42+,43+,44+,45+,46+,47+,48+,49-,58+/m1/s1. The molecule has 0 unspecified atom stereocenters. The number of primary amides is 1. The number of carbonyl (C=O) groups excluding carboxylic acids is 16. The molecule has 0 saturated carbocycles. The summed E-state index contributed by atoms with van der Waals surface area (Å²) in [5.41, 5.74) is 18.2. The van der Waals surface area contributed by atoms with E-state index in [1.807, 2.05) is 16.0 Å². The van der Waals surface area contributed by atoms with Crippen molar-refractivity contribution in [2.75, 3.05) is 32.0 Å². The number of aliphatic hydroxyl groups is 1. The third-order valence-electron chi connectivity index (χ3n) is 17.0. The van der Waals surface area contributed by atoms with Gasteiger partial charge in [0.25, 0.3) is 0 Å². The minimum absolute atomic E-state index is 0.00140. The van der Waals surface area contributed by atoms with Crippen LogP contribution in [-0.2, 0) is 97.5 Å². The van der Waals surface area contributed by atoms with Crippen LogP contribution in [-0.4, -0.2) is 237 Å². The van der Waals surface area contributed by atoms with Crippen molar-refractivity contribution in [1.29, 1.82) is 0 Å². The second kappa shape index (κ2) is 45.5. The quantitative estimate of drug-likeness (QED) is 0.0120. The van der Waals surface area contributed by atoms with E-state index in [0.717, 1.165) is 52.9 Å². The van der Waals surface area contributed by atoms with E-state index in [1.165, 1.54) is 24.3 Å². The fourth-order valence-electron chi connectivity index (χ4n) is 11.0. The zero-order chi connectivity index (χ0) is 81.9. The van der Waals surface area contributed by atoms with E-state index < -0.39 is 237 Å². The topological polar surface area (TPSA) is 665 Å². The second-order valence-electron chi connectivity index (χ2n) is 25.9. The Bertz CT molecular complexity index is 3850. The van der Waals surface area contributed by atoms with Crippen molar-refractivity contribution in [2.45, 2.75) is 203 Å². The molecule has 1 aromatic heterocycles. The van der Waals surface area contributed by atoms with Gasteiger partial charge >= 0.3 is 23.9 Å². The highest BCUT2D eigenvalue weighted by atomic mass is 16.5. The Kier molecular flexibility index (Phi) is 37.3. The van der Waals surface area contributed by atoms with Gasteiger partial charge in [-0.2, -0.15) is 0 Å². The maximum Gasteiger partial charge on any atom is 0.329 e. The predicted octanol–water partition coefficient (Wildman–Crippen LogP) is -5.71. The number of Topliss-reactive ketones (excluding diaryl/α,β-unsaturated/α-hetero) is 1. The van der Waals surface area contributed by atoms with Crippen LogP contribution in [0.25, 0.3) is 10.9 Å². The number of hydrogen-bond donors (Lipinski definition) is 21. The number of carboxylic acid groups (broad SMARTS) is 3. The fourth-order valence-corrected chi connectivity index (χ4v) is 11.0. The van der Waals surface area contributed by atoms with Crippen molar-refractivity contribution in [3.05, 3.63) is 65.9 Å². The molecule has 2 aromatic carbocycles. The van der Waals surface area contributed by atoms with Gasteiger partial charge in [-0.25, -0.2) is 4.79 Å². The Morgan fingerprint density at radius 1 is 0.545 bits per heavy atom. The van der Waals surface area contributed by atoms with E-state index in [1.54, 1.807) is 30.5 Å². The molecule has 14 amide bonds. The average Bonchev–Trinajstić information content (AvgIpc) is 1.63. The lowest BCUT2D eigenvalue weighted by Crippen LogP contribution is -2.61. The molecule has 0 aliphatic carbocycles. The Hall–Kier alpha value is -12.2. The number of fused-ring (bicyclic) bond motifs is 1. The van der Waals surface area contributed by atoms with Gasteiger partial charge in [0.05, 0.1) is 45.4 Å². The van der Waals surface area contributed by atoms with E-state index in [9.17, 15) is 112 Å². The van der Waals surface area contributed by atoms with Crippen LogP contribution in [0.3, 0.4) is 0 Å². The van der Waals surface area contributed by atoms with E-state index in [4.69, 9.17) is 21.9 Å². The number of ether oxygens (including phenoxy) is 1. The zero-order valence-electron chi connectivity index (χ0n) is 61.0. The van der Waals surface area contributed by atoms with Gasteiger partial charge in [0.2, 0.25) is 82.7 Å². The number of hydrogen-bond acceptors (Lipinski definition) is 23. The number of para-hydroxylation sites is 2. The Morgan fingerprint density at radius 2 is 1.06 bits per heavy atom. The number of amides is 14. The first-order chi connectivity index (χ1) is 52.0. The van der Waals surface area contributed by atoms with Gasteiger partial charge in [-0.15, -0.1) is 0 Å². The van der Waals surface area contributed by atoms with Crippen LogP contribution in [0, 0.1) is 0 Å². The van der Waals surface area contributed by atoms with Gasteiger partial charge in [0.1, 0.15) is 72.6 Å². The number of aliphatic hydroxyl groups excluding tert-OH is 1. The van der Waals surface area contributed by atoms with Crippen LogP contribution in [0.4, 0.5) is 5.69 Å². The number of aliphatic carboxylic acids is 3. The SMILES string of the molecule is CCCCCCCCCC(=O)N[C@@H](Cc1c[nH]c2ccccc12)C(=O)N[C@@H](CC(N)=O)C(=O)N[C@@H](CC(=O)O)C(=O)N[C@@H]1C(=O)NCC(=O)N[C@@H](CCCN)C(=O)N[C@@H](CC(=O)O)C(=O)N[C@H](C)C(=O)N[C@@H](CC(=O)O)C(=O)NCC(=O)N[C@H](CO)C(=O)N[C@@H](C)C(=O)N[C@@H](CC(=O)c2ccccc2N)C(=O)O[C@@H]1C. The van der Waals surface area contributed by atoms with Gasteiger partial charge in [0, 0.05) is 47.6 Å². The summed E-state index contributed by atoms with van der Waals surface area (Å²) in [5.74, 6) is -25.5. The summed E-state index contributed by atoms with van der Waals surface area (Å²) in [6, 6.07) is -9.31. The maximum atomic E-state index is 14.7. The Balaban J connectivity index is 1.81. The molecule has 0 bridgehead atoms. The molecule has 0 spiro atoms.